The zero-order valence-corrected chi connectivity index (χ0v) is 12.8. The van der Waals surface area contributed by atoms with E-state index in [1.54, 1.807) is 0 Å². The molecule has 3 aromatic heterocycles. The molecule has 0 radical (unpaired) electrons. The fraction of sp³-hybridized carbons (Fsp3) is 0.118. The molecule has 4 heterocycles. The van der Waals surface area contributed by atoms with Gasteiger partial charge in [0, 0.05) is 11.8 Å². The monoisotopic (exact) mass is 320 g/mol. The Morgan fingerprint density at radius 1 is 1.04 bits per heavy atom. The third-order valence-electron chi connectivity index (χ3n) is 3.96. The Bertz CT molecular complexity index is 1070. The third-order valence-corrected chi connectivity index (χ3v) is 3.96. The van der Waals surface area contributed by atoms with Crippen molar-refractivity contribution >= 4 is 5.65 Å². The highest BCUT2D eigenvalue weighted by Gasteiger charge is 2.20. The quantitative estimate of drug-likeness (QED) is 0.565. The molecule has 1 aromatic carbocycles. The molecule has 24 heavy (non-hydrogen) atoms. The summed E-state index contributed by atoms with van der Waals surface area (Å²) >= 11 is 0. The Morgan fingerprint density at radius 3 is 2.92 bits per heavy atom. The Hall–Kier alpha value is -3.35. The van der Waals surface area contributed by atoms with Gasteiger partial charge in [0.15, 0.2) is 11.5 Å². The number of imidazole rings is 1. The predicted octanol–water partition coefficient (Wildman–Crippen LogP) is 3.09. The molecule has 5 rings (SSSR count). The van der Waals surface area contributed by atoms with Crippen molar-refractivity contribution < 1.29 is 14.0 Å². The Labute approximate surface area is 136 Å². The highest BCUT2D eigenvalue weighted by Crippen LogP contribution is 2.35. The Balaban J connectivity index is 1.61. The molecule has 1 aliphatic rings. The molecular weight excluding hydrogens is 308 g/mol. The fourth-order valence-electron chi connectivity index (χ4n) is 2.84. The number of hydrogen-bond acceptors (Lipinski definition) is 6. The van der Waals surface area contributed by atoms with Crippen LogP contribution < -0.4 is 9.47 Å². The van der Waals surface area contributed by atoms with Gasteiger partial charge in [-0.05, 0) is 37.3 Å². The van der Waals surface area contributed by atoms with Gasteiger partial charge in [0.25, 0.3) is 5.89 Å². The molecule has 0 unspecified atom stereocenters. The van der Waals surface area contributed by atoms with Crippen LogP contribution >= 0.6 is 0 Å². The summed E-state index contributed by atoms with van der Waals surface area (Å²) in [5.74, 6) is 2.33. The van der Waals surface area contributed by atoms with Gasteiger partial charge in [-0.2, -0.15) is 4.98 Å². The third kappa shape index (κ3) is 1.88. The van der Waals surface area contributed by atoms with Gasteiger partial charge in [0.1, 0.15) is 11.3 Å². The average Bonchev–Trinajstić information content (AvgIpc) is 3.31. The van der Waals surface area contributed by atoms with Gasteiger partial charge in [-0.15, -0.1) is 0 Å². The maximum absolute atomic E-state index is 5.48. The number of hydrogen-bond donors (Lipinski definition) is 0. The summed E-state index contributed by atoms with van der Waals surface area (Å²) in [5.41, 5.74) is 3.28. The van der Waals surface area contributed by atoms with Crippen molar-refractivity contribution in [2.24, 2.45) is 0 Å². The zero-order valence-electron chi connectivity index (χ0n) is 12.8. The van der Waals surface area contributed by atoms with E-state index in [1.807, 2.05) is 53.9 Å². The molecule has 0 aliphatic carbocycles. The van der Waals surface area contributed by atoms with Gasteiger partial charge in [-0.1, -0.05) is 11.2 Å². The van der Waals surface area contributed by atoms with Gasteiger partial charge in [0.2, 0.25) is 12.6 Å². The lowest BCUT2D eigenvalue weighted by atomic mass is 10.2. The highest BCUT2D eigenvalue weighted by molar-refractivity contribution is 5.65. The van der Waals surface area contributed by atoms with Crippen LogP contribution in [0.5, 0.6) is 11.5 Å². The Morgan fingerprint density at radius 2 is 1.96 bits per heavy atom. The minimum atomic E-state index is 0.233. The van der Waals surface area contributed by atoms with Gasteiger partial charge < -0.3 is 14.0 Å². The van der Waals surface area contributed by atoms with Gasteiger partial charge >= 0.3 is 0 Å². The van der Waals surface area contributed by atoms with Crippen LogP contribution in [-0.2, 0) is 0 Å². The summed E-state index contributed by atoms with van der Waals surface area (Å²) in [5, 5.41) is 4.09. The van der Waals surface area contributed by atoms with Crippen molar-refractivity contribution in [2.45, 2.75) is 6.92 Å². The maximum atomic E-state index is 5.48. The van der Waals surface area contributed by atoms with Crippen molar-refractivity contribution in [3.05, 3.63) is 48.3 Å². The van der Waals surface area contributed by atoms with E-state index >= 15 is 0 Å². The van der Waals surface area contributed by atoms with E-state index in [9.17, 15) is 0 Å². The number of aryl methyl sites for hydroxylation is 1. The van der Waals surface area contributed by atoms with E-state index in [4.69, 9.17) is 14.0 Å². The first kappa shape index (κ1) is 13.1. The van der Waals surface area contributed by atoms with Crippen molar-refractivity contribution in [2.75, 3.05) is 6.79 Å². The first-order chi connectivity index (χ1) is 11.8. The second kappa shape index (κ2) is 4.82. The molecule has 0 bridgehead atoms. The molecule has 7 nitrogen and oxygen atoms in total. The highest BCUT2D eigenvalue weighted by atomic mass is 16.7. The zero-order chi connectivity index (χ0) is 16.1. The Kier molecular flexibility index (Phi) is 2.64. The number of aromatic nitrogens is 4. The van der Waals surface area contributed by atoms with Crippen molar-refractivity contribution in [3.8, 4) is 34.5 Å². The summed E-state index contributed by atoms with van der Waals surface area (Å²) in [6.45, 7) is 2.16. The fourth-order valence-corrected chi connectivity index (χ4v) is 2.84. The van der Waals surface area contributed by atoms with E-state index in [-0.39, 0.29) is 6.79 Å². The number of benzene rings is 1. The van der Waals surface area contributed by atoms with Crippen molar-refractivity contribution in [1.82, 2.24) is 19.5 Å². The van der Waals surface area contributed by atoms with E-state index in [0.29, 0.717) is 17.5 Å². The summed E-state index contributed by atoms with van der Waals surface area (Å²) in [4.78, 5) is 9.04. The molecular formula is C17H12N4O3. The van der Waals surface area contributed by atoms with Crippen LogP contribution in [0, 0.1) is 6.92 Å². The normalized spacial score (nSPS) is 12.9. The average molecular weight is 320 g/mol. The molecule has 118 valence electrons. The van der Waals surface area contributed by atoms with Crippen LogP contribution in [0.15, 0.2) is 47.1 Å². The summed E-state index contributed by atoms with van der Waals surface area (Å²) in [6.07, 6.45) is 1.93. The number of ether oxygens (including phenoxy) is 2. The van der Waals surface area contributed by atoms with Gasteiger partial charge in [-0.3, -0.25) is 4.40 Å². The largest absolute Gasteiger partial charge is 0.454 e. The lowest BCUT2D eigenvalue weighted by molar-refractivity contribution is 0.174. The van der Waals surface area contributed by atoms with Gasteiger partial charge in [0.05, 0.1) is 5.69 Å². The molecule has 0 N–H and O–H groups in total. The molecule has 7 heteroatoms. The standard InChI is InChI=1S/C17H12N4O3/c1-10-15(21-7-3-2-4-14(21)18-10)17-19-16(20-24-17)11-5-6-12-13(8-11)23-9-22-12/h2-8H,9H2,1H3. The number of pyridine rings is 1. The van der Waals surface area contributed by atoms with Crippen LogP contribution in [0.3, 0.4) is 0 Å². The molecule has 0 saturated heterocycles. The number of nitrogens with zero attached hydrogens (tertiary/aromatic N) is 4. The van der Waals surface area contributed by atoms with E-state index in [0.717, 1.165) is 28.3 Å². The van der Waals surface area contributed by atoms with E-state index in [2.05, 4.69) is 15.1 Å². The van der Waals surface area contributed by atoms with Crippen LogP contribution in [0.4, 0.5) is 0 Å². The van der Waals surface area contributed by atoms with Crippen LogP contribution in [0.2, 0.25) is 0 Å². The van der Waals surface area contributed by atoms with Gasteiger partial charge in [-0.25, -0.2) is 4.98 Å². The summed E-state index contributed by atoms with van der Waals surface area (Å²) in [7, 11) is 0. The molecule has 0 spiro atoms. The minimum Gasteiger partial charge on any atom is -0.454 e. The van der Waals surface area contributed by atoms with Crippen molar-refractivity contribution in [1.29, 1.82) is 0 Å². The molecule has 0 amide bonds. The van der Waals surface area contributed by atoms with Crippen LogP contribution in [0.1, 0.15) is 5.69 Å². The first-order valence-corrected chi connectivity index (χ1v) is 7.47. The van der Waals surface area contributed by atoms with E-state index in [1.165, 1.54) is 0 Å². The summed E-state index contributed by atoms with van der Waals surface area (Å²) in [6, 6.07) is 11.4. The van der Waals surface area contributed by atoms with Crippen LogP contribution in [-0.4, -0.2) is 26.3 Å². The molecule has 1 aliphatic heterocycles. The number of rotatable bonds is 2. The molecule has 0 saturated carbocycles. The lowest BCUT2D eigenvalue weighted by Crippen LogP contribution is -1.92. The predicted molar refractivity (Wildman–Crippen MR) is 84.8 cm³/mol. The second-order valence-corrected chi connectivity index (χ2v) is 5.47. The van der Waals surface area contributed by atoms with Crippen molar-refractivity contribution in [3.63, 3.8) is 0 Å². The lowest BCUT2D eigenvalue weighted by Gasteiger charge is -1.98. The SMILES string of the molecule is Cc1nc2ccccn2c1-c1nc(-c2ccc3c(c2)OCO3)no1. The topological polar surface area (TPSA) is 74.7 Å². The van der Waals surface area contributed by atoms with E-state index < -0.39 is 0 Å². The molecule has 0 fully saturated rings. The molecule has 4 aromatic rings. The summed E-state index contributed by atoms with van der Waals surface area (Å²) < 4.78 is 18.1. The smallest absolute Gasteiger partial charge is 0.277 e. The van der Waals surface area contributed by atoms with Crippen LogP contribution in [0.25, 0.3) is 28.6 Å². The first-order valence-electron chi connectivity index (χ1n) is 7.47. The molecule has 0 atom stereocenters. The number of fused-ring (bicyclic) bond motifs is 2. The second-order valence-electron chi connectivity index (χ2n) is 5.47. The minimum absolute atomic E-state index is 0.233. The maximum Gasteiger partial charge on any atom is 0.277 e.